The highest BCUT2D eigenvalue weighted by Gasteiger charge is 2.27. The Bertz CT molecular complexity index is 328. The summed E-state index contributed by atoms with van der Waals surface area (Å²) in [6, 6.07) is 10.1. The van der Waals surface area contributed by atoms with Crippen LogP contribution in [-0.4, -0.2) is 22.4 Å². The maximum absolute atomic E-state index is 5.60. The van der Waals surface area contributed by atoms with E-state index in [1.165, 1.54) is 0 Å². The van der Waals surface area contributed by atoms with Gasteiger partial charge in [0.05, 0.1) is 6.61 Å². The van der Waals surface area contributed by atoms with Gasteiger partial charge in [0.2, 0.25) is 0 Å². The molecule has 1 atom stereocenters. The number of hydrogen-bond acceptors (Lipinski definition) is 2. The Kier molecular flexibility index (Phi) is 3.05. The molecule has 1 aliphatic rings. The van der Waals surface area contributed by atoms with Crippen LogP contribution in [0.4, 0.5) is 0 Å². The number of nitrogens with zero attached hydrogens (tertiary/aromatic N) is 1. The van der Waals surface area contributed by atoms with Crippen LogP contribution in [0.3, 0.4) is 0 Å². The molecule has 2 nitrogen and oxygen atoms in total. The summed E-state index contributed by atoms with van der Waals surface area (Å²) in [5.41, 5.74) is 1.13. The van der Waals surface area contributed by atoms with Crippen molar-refractivity contribution >= 4 is 29.2 Å². The predicted molar refractivity (Wildman–Crippen MR) is 63.4 cm³/mol. The molecule has 1 fully saturated rings. The quantitative estimate of drug-likeness (QED) is 0.581. The van der Waals surface area contributed by atoms with Gasteiger partial charge in [0.25, 0.3) is 0 Å². The van der Waals surface area contributed by atoms with E-state index >= 15 is 0 Å². The molecule has 1 heterocycles. The summed E-state index contributed by atoms with van der Waals surface area (Å²) in [5, 5.41) is 0. The SMILES string of the molecule is S=C(S)N1CCOC1c1ccccc1. The fourth-order valence-electron chi connectivity index (χ4n) is 1.56. The minimum atomic E-state index is -0.0544. The molecule has 0 saturated carbocycles. The summed E-state index contributed by atoms with van der Waals surface area (Å²) in [6.45, 7) is 1.53. The van der Waals surface area contributed by atoms with Gasteiger partial charge in [-0.25, -0.2) is 0 Å². The van der Waals surface area contributed by atoms with Crippen molar-refractivity contribution in [1.82, 2.24) is 4.90 Å². The van der Waals surface area contributed by atoms with Gasteiger partial charge >= 0.3 is 0 Å². The fourth-order valence-corrected chi connectivity index (χ4v) is 1.95. The first-order valence-electron chi connectivity index (χ1n) is 4.45. The third-order valence-corrected chi connectivity index (χ3v) is 2.71. The summed E-state index contributed by atoms with van der Waals surface area (Å²) >= 11 is 9.22. The van der Waals surface area contributed by atoms with Crippen LogP contribution >= 0.6 is 24.8 Å². The van der Waals surface area contributed by atoms with Crippen LogP contribution in [0.5, 0.6) is 0 Å². The monoisotopic (exact) mass is 225 g/mol. The zero-order chi connectivity index (χ0) is 9.97. The average Bonchev–Trinajstić information content (AvgIpc) is 2.67. The lowest BCUT2D eigenvalue weighted by Crippen LogP contribution is -2.26. The maximum atomic E-state index is 5.60. The van der Waals surface area contributed by atoms with Crippen molar-refractivity contribution in [2.24, 2.45) is 0 Å². The van der Waals surface area contributed by atoms with Crippen molar-refractivity contribution in [2.45, 2.75) is 6.23 Å². The maximum Gasteiger partial charge on any atom is 0.157 e. The summed E-state index contributed by atoms with van der Waals surface area (Å²) in [4.78, 5) is 1.98. The number of hydrogen-bond donors (Lipinski definition) is 1. The standard InChI is InChI=1S/C10H11NOS2/c13-10(14)11-6-7-12-9(11)8-4-2-1-3-5-8/h1-5,9H,6-7H2,(H,13,14). The van der Waals surface area contributed by atoms with Gasteiger partial charge in [-0.1, -0.05) is 42.5 Å². The second-order valence-electron chi connectivity index (χ2n) is 3.11. The number of ether oxygens (including phenoxy) is 1. The van der Waals surface area contributed by atoms with E-state index in [1.54, 1.807) is 0 Å². The van der Waals surface area contributed by atoms with Gasteiger partial charge in [-0.05, 0) is 0 Å². The van der Waals surface area contributed by atoms with Crippen molar-refractivity contribution in [1.29, 1.82) is 0 Å². The summed E-state index contributed by atoms with van der Waals surface area (Å²) in [5.74, 6) is 0. The lowest BCUT2D eigenvalue weighted by Gasteiger charge is -2.23. The van der Waals surface area contributed by atoms with Crippen molar-refractivity contribution in [3.63, 3.8) is 0 Å². The topological polar surface area (TPSA) is 12.5 Å². The van der Waals surface area contributed by atoms with E-state index in [9.17, 15) is 0 Å². The van der Waals surface area contributed by atoms with Crippen molar-refractivity contribution in [3.8, 4) is 0 Å². The molecule has 0 radical (unpaired) electrons. The molecule has 0 amide bonds. The van der Waals surface area contributed by atoms with Gasteiger partial charge in [-0.3, -0.25) is 0 Å². The third-order valence-electron chi connectivity index (χ3n) is 2.22. The fraction of sp³-hybridized carbons (Fsp3) is 0.300. The minimum absolute atomic E-state index is 0.0544. The van der Waals surface area contributed by atoms with Gasteiger partial charge < -0.3 is 9.64 Å². The number of thiol groups is 1. The van der Waals surface area contributed by atoms with Crippen molar-refractivity contribution in [3.05, 3.63) is 35.9 Å². The lowest BCUT2D eigenvalue weighted by molar-refractivity contribution is 0.0654. The Morgan fingerprint density at radius 2 is 2.14 bits per heavy atom. The Morgan fingerprint density at radius 3 is 2.79 bits per heavy atom. The van der Waals surface area contributed by atoms with E-state index in [0.717, 1.165) is 12.1 Å². The van der Waals surface area contributed by atoms with Gasteiger partial charge in [-0.15, -0.1) is 12.6 Å². The van der Waals surface area contributed by atoms with E-state index < -0.39 is 0 Å². The Labute approximate surface area is 94.3 Å². The molecule has 0 spiro atoms. The van der Waals surface area contributed by atoms with Crippen LogP contribution in [-0.2, 0) is 4.74 Å². The molecule has 74 valence electrons. The second kappa shape index (κ2) is 4.29. The Balaban J connectivity index is 2.22. The van der Waals surface area contributed by atoms with E-state index in [1.807, 2.05) is 35.2 Å². The molecule has 0 bridgehead atoms. The van der Waals surface area contributed by atoms with Gasteiger partial charge in [0.1, 0.15) is 4.32 Å². The molecule has 1 aromatic carbocycles. The molecule has 1 aromatic rings. The second-order valence-corrected chi connectivity index (χ2v) is 4.22. The molecular weight excluding hydrogens is 214 g/mol. The highest BCUT2D eigenvalue weighted by atomic mass is 32.1. The molecule has 0 aliphatic carbocycles. The smallest absolute Gasteiger partial charge is 0.157 e. The molecule has 2 rings (SSSR count). The third kappa shape index (κ3) is 1.92. The molecule has 1 unspecified atom stereocenters. The zero-order valence-corrected chi connectivity index (χ0v) is 9.30. The molecule has 0 N–H and O–H groups in total. The number of rotatable bonds is 1. The Hall–Kier alpha value is -0.580. The first kappa shape index (κ1) is 9.96. The highest BCUT2D eigenvalue weighted by Crippen LogP contribution is 2.27. The van der Waals surface area contributed by atoms with Crippen molar-refractivity contribution in [2.75, 3.05) is 13.2 Å². The van der Waals surface area contributed by atoms with Crippen LogP contribution in [0, 0.1) is 0 Å². The molecule has 14 heavy (non-hydrogen) atoms. The largest absolute Gasteiger partial charge is 0.352 e. The van der Waals surface area contributed by atoms with Gasteiger partial charge in [-0.2, -0.15) is 0 Å². The summed E-state index contributed by atoms with van der Waals surface area (Å²) < 4.78 is 6.20. The molecule has 1 aliphatic heterocycles. The average molecular weight is 225 g/mol. The van der Waals surface area contributed by atoms with Crippen LogP contribution in [0.2, 0.25) is 0 Å². The number of thiocarbonyl (C=S) groups is 1. The first-order chi connectivity index (χ1) is 6.79. The van der Waals surface area contributed by atoms with E-state index in [0.29, 0.717) is 10.9 Å². The first-order valence-corrected chi connectivity index (χ1v) is 5.30. The molecule has 4 heteroatoms. The molecular formula is C10H11NOS2. The lowest BCUT2D eigenvalue weighted by atomic mass is 10.2. The van der Waals surface area contributed by atoms with Crippen LogP contribution in [0.1, 0.15) is 11.8 Å². The number of benzene rings is 1. The summed E-state index contributed by atoms with van der Waals surface area (Å²) in [7, 11) is 0. The highest BCUT2D eigenvalue weighted by molar-refractivity contribution is 8.10. The minimum Gasteiger partial charge on any atom is -0.352 e. The van der Waals surface area contributed by atoms with Gasteiger partial charge in [0, 0.05) is 12.1 Å². The van der Waals surface area contributed by atoms with Crippen molar-refractivity contribution < 1.29 is 4.74 Å². The normalized spacial score (nSPS) is 21.2. The molecule has 1 saturated heterocycles. The van der Waals surface area contributed by atoms with Gasteiger partial charge in [0.15, 0.2) is 6.23 Å². The van der Waals surface area contributed by atoms with E-state index in [-0.39, 0.29) is 6.23 Å². The predicted octanol–water partition coefficient (Wildman–Crippen LogP) is 2.23. The van der Waals surface area contributed by atoms with Crippen LogP contribution < -0.4 is 0 Å². The van der Waals surface area contributed by atoms with Crippen LogP contribution in [0.25, 0.3) is 0 Å². The van der Waals surface area contributed by atoms with E-state index in [4.69, 9.17) is 17.0 Å². The van der Waals surface area contributed by atoms with Crippen LogP contribution in [0.15, 0.2) is 30.3 Å². The summed E-state index contributed by atoms with van der Waals surface area (Å²) in [6.07, 6.45) is -0.0544. The van der Waals surface area contributed by atoms with E-state index in [2.05, 4.69) is 12.6 Å². The molecule has 0 aromatic heterocycles. The zero-order valence-electron chi connectivity index (χ0n) is 7.59. The Morgan fingerprint density at radius 1 is 1.43 bits per heavy atom.